The van der Waals surface area contributed by atoms with Crippen LogP contribution in [-0.2, 0) is 9.84 Å². The van der Waals surface area contributed by atoms with E-state index in [1.807, 2.05) is 11.9 Å². The molecule has 5 nitrogen and oxygen atoms in total. The molecule has 0 aromatic carbocycles. The molecule has 1 fully saturated rings. The minimum Gasteiger partial charge on any atom is -0.370 e. The number of sulfone groups is 1. The third-order valence-electron chi connectivity index (χ3n) is 3.18. The Morgan fingerprint density at radius 2 is 2.29 bits per heavy atom. The van der Waals surface area contributed by atoms with Gasteiger partial charge in [0.1, 0.15) is 0 Å². The fraction of sp³-hybridized carbons (Fsp3) is 0.875. The van der Waals surface area contributed by atoms with Gasteiger partial charge < -0.3 is 10.6 Å². The first-order valence-electron chi connectivity index (χ1n) is 4.69. The van der Waals surface area contributed by atoms with E-state index < -0.39 is 9.84 Å². The van der Waals surface area contributed by atoms with Gasteiger partial charge >= 0.3 is 0 Å². The van der Waals surface area contributed by atoms with Crippen LogP contribution in [0, 0.1) is 0 Å². The second-order valence-electron chi connectivity index (χ2n) is 4.15. The lowest BCUT2D eigenvalue weighted by Crippen LogP contribution is -2.55. The van der Waals surface area contributed by atoms with E-state index in [0.717, 1.165) is 12.8 Å². The normalized spacial score (nSPS) is 36.1. The van der Waals surface area contributed by atoms with Crippen LogP contribution in [0.1, 0.15) is 12.8 Å². The lowest BCUT2D eigenvalue weighted by Gasteiger charge is -2.39. The third-order valence-corrected chi connectivity index (χ3v) is 5.06. The van der Waals surface area contributed by atoms with Gasteiger partial charge in [0.25, 0.3) is 0 Å². The van der Waals surface area contributed by atoms with Crippen LogP contribution in [0.15, 0.2) is 4.99 Å². The summed E-state index contributed by atoms with van der Waals surface area (Å²) in [5, 5.41) is 0. The molecule has 6 heteroatoms. The van der Waals surface area contributed by atoms with Crippen LogP contribution in [0.25, 0.3) is 0 Å². The molecule has 0 radical (unpaired) electrons. The summed E-state index contributed by atoms with van der Waals surface area (Å²) in [4.78, 5) is 5.94. The Morgan fingerprint density at radius 1 is 1.57 bits per heavy atom. The van der Waals surface area contributed by atoms with Crippen LogP contribution >= 0.6 is 0 Å². The maximum absolute atomic E-state index is 11.5. The molecule has 1 atom stereocenters. The van der Waals surface area contributed by atoms with Gasteiger partial charge in [-0.2, -0.15) is 0 Å². The van der Waals surface area contributed by atoms with E-state index in [1.54, 1.807) is 0 Å². The molecule has 2 aliphatic rings. The largest absolute Gasteiger partial charge is 0.370 e. The van der Waals surface area contributed by atoms with Crippen molar-refractivity contribution in [1.82, 2.24) is 4.90 Å². The van der Waals surface area contributed by atoms with Gasteiger partial charge in [0, 0.05) is 7.05 Å². The molecule has 1 unspecified atom stereocenters. The maximum Gasteiger partial charge on any atom is 0.191 e. The minimum absolute atomic E-state index is 0.195. The van der Waals surface area contributed by atoms with Crippen molar-refractivity contribution in [3.05, 3.63) is 0 Å². The highest BCUT2D eigenvalue weighted by Crippen LogP contribution is 2.31. The highest BCUT2D eigenvalue weighted by molar-refractivity contribution is 7.91. The zero-order valence-corrected chi connectivity index (χ0v) is 9.05. The molecule has 0 aromatic rings. The quantitative estimate of drug-likeness (QED) is 0.576. The second kappa shape index (κ2) is 2.85. The van der Waals surface area contributed by atoms with Gasteiger partial charge in [-0.05, 0) is 12.8 Å². The topological polar surface area (TPSA) is 75.8 Å². The van der Waals surface area contributed by atoms with Crippen LogP contribution in [0.3, 0.4) is 0 Å². The Balaban J connectivity index is 2.27. The van der Waals surface area contributed by atoms with Crippen LogP contribution in [-0.4, -0.2) is 49.9 Å². The summed E-state index contributed by atoms with van der Waals surface area (Å²) in [5.41, 5.74) is 5.31. The van der Waals surface area contributed by atoms with Crippen LogP contribution in [0.5, 0.6) is 0 Å². The molecule has 0 amide bonds. The molecule has 2 N–H and O–H groups in total. The average Bonchev–Trinajstić information content (AvgIpc) is 2.33. The number of nitrogens with two attached hydrogens (primary N) is 1. The molecule has 0 aromatic heterocycles. The first kappa shape index (κ1) is 9.76. The Kier molecular flexibility index (Phi) is 1.99. The zero-order valence-electron chi connectivity index (χ0n) is 8.23. The SMILES string of the molecule is CN1C(N)=NCC12CCCS(=O)(=O)C2. The van der Waals surface area contributed by atoms with Crippen molar-refractivity contribution in [2.45, 2.75) is 18.4 Å². The van der Waals surface area contributed by atoms with Gasteiger partial charge in [-0.25, -0.2) is 8.42 Å². The molecule has 2 heterocycles. The highest BCUT2D eigenvalue weighted by Gasteiger charge is 2.45. The molecule has 1 spiro atoms. The molecular weight excluding hydrogens is 202 g/mol. The molecule has 1 saturated heterocycles. The molecule has 2 rings (SSSR count). The third kappa shape index (κ3) is 1.37. The van der Waals surface area contributed by atoms with E-state index >= 15 is 0 Å². The molecular formula is C8H15N3O2S. The van der Waals surface area contributed by atoms with Crippen molar-refractivity contribution in [2.75, 3.05) is 25.1 Å². The van der Waals surface area contributed by atoms with Gasteiger partial charge in [-0.3, -0.25) is 4.99 Å². The van der Waals surface area contributed by atoms with Gasteiger partial charge in [0.05, 0.1) is 23.6 Å². The van der Waals surface area contributed by atoms with Crippen molar-refractivity contribution in [2.24, 2.45) is 10.7 Å². The van der Waals surface area contributed by atoms with Crippen molar-refractivity contribution in [3.63, 3.8) is 0 Å². The van der Waals surface area contributed by atoms with E-state index in [9.17, 15) is 8.42 Å². The monoisotopic (exact) mass is 217 g/mol. The molecule has 80 valence electrons. The minimum atomic E-state index is -2.90. The summed E-state index contributed by atoms with van der Waals surface area (Å²) < 4.78 is 23.1. The smallest absolute Gasteiger partial charge is 0.191 e. The summed E-state index contributed by atoms with van der Waals surface area (Å²) >= 11 is 0. The number of likely N-dealkylation sites (N-methyl/N-ethyl adjacent to an activating group) is 1. The summed E-state index contributed by atoms with van der Waals surface area (Å²) in [6.45, 7) is 0.522. The summed E-state index contributed by atoms with van der Waals surface area (Å²) in [6, 6.07) is 0. The van der Waals surface area contributed by atoms with Crippen molar-refractivity contribution >= 4 is 15.8 Å². The predicted octanol–water partition coefficient (Wildman–Crippen LogP) is -0.806. The van der Waals surface area contributed by atoms with Gasteiger partial charge in [-0.1, -0.05) is 0 Å². The van der Waals surface area contributed by atoms with E-state index in [2.05, 4.69) is 4.99 Å². The number of aliphatic imine (C=N–C) groups is 1. The Labute approximate surface area is 83.9 Å². The van der Waals surface area contributed by atoms with Gasteiger partial charge in [0.2, 0.25) is 0 Å². The van der Waals surface area contributed by atoms with E-state index in [4.69, 9.17) is 5.73 Å². The standard InChI is InChI=1S/C8H15N3O2S/c1-11-7(9)10-5-8(11)3-2-4-14(12,13)6-8/h2-6H2,1H3,(H2,9,10). The highest BCUT2D eigenvalue weighted by atomic mass is 32.2. The lowest BCUT2D eigenvalue weighted by atomic mass is 9.95. The number of hydrogen-bond donors (Lipinski definition) is 1. The average molecular weight is 217 g/mol. The summed E-state index contributed by atoms with van der Waals surface area (Å²) in [7, 11) is -1.08. The first-order chi connectivity index (χ1) is 6.45. The molecule has 0 aliphatic carbocycles. The Hall–Kier alpha value is -0.780. The van der Waals surface area contributed by atoms with E-state index in [1.165, 1.54) is 0 Å². The van der Waals surface area contributed by atoms with E-state index in [0.29, 0.717) is 18.3 Å². The van der Waals surface area contributed by atoms with Crippen molar-refractivity contribution in [3.8, 4) is 0 Å². The second-order valence-corrected chi connectivity index (χ2v) is 6.34. The molecule has 0 saturated carbocycles. The molecule has 2 aliphatic heterocycles. The first-order valence-corrected chi connectivity index (χ1v) is 6.52. The molecule has 0 bridgehead atoms. The Bertz CT molecular complexity index is 376. The van der Waals surface area contributed by atoms with Crippen LogP contribution in [0.2, 0.25) is 0 Å². The maximum atomic E-state index is 11.5. The van der Waals surface area contributed by atoms with Crippen molar-refractivity contribution in [1.29, 1.82) is 0 Å². The lowest BCUT2D eigenvalue weighted by molar-refractivity contribution is 0.238. The number of hydrogen-bond acceptors (Lipinski definition) is 5. The predicted molar refractivity (Wildman–Crippen MR) is 54.9 cm³/mol. The summed E-state index contributed by atoms with van der Waals surface area (Å²) in [5.74, 6) is 0.963. The number of nitrogens with zero attached hydrogens (tertiary/aromatic N) is 2. The number of guanidine groups is 1. The van der Waals surface area contributed by atoms with Gasteiger partial charge in [0.15, 0.2) is 15.8 Å². The molecule has 14 heavy (non-hydrogen) atoms. The van der Waals surface area contributed by atoms with Gasteiger partial charge in [-0.15, -0.1) is 0 Å². The fourth-order valence-electron chi connectivity index (χ4n) is 2.25. The van der Waals surface area contributed by atoms with Crippen LogP contribution in [0.4, 0.5) is 0 Å². The van der Waals surface area contributed by atoms with Crippen LogP contribution < -0.4 is 5.73 Å². The number of rotatable bonds is 0. The summed E-state index contributed by atoms with van der Waals surface area (Å²) in [6.07, 6.45) is 1.59. The van der Waals surface area contributed by atoms with Crippen molar-refractivity contribution < 1.29 is 8.42 Å². The Morgan fingerprint density at radius 3 is 2.79 bits per heavy atom. The zero-order chi connectivity index (χ0) is 10.4. The van der Waals surface area contributed by atoms with E-state index in [-0.39, 0.29) is 11.3 Å². The fourth-order valence-corrected chi connectivity index (χ4v) is 4.22.